The van der Waals surface area contributed by atoms with E-state index in [0.29, 0.717) is 29.3 Å². The van der Waals surface area contributed by atoms with Gasteiger partial charge in [-0.3, -0.25) is 0 Å². The Morgan fingerprint density at radius 2 is 1.93 bits per heavy atom. The van der Waals surface area contributed by atoms with E-state index < -0.39 is 11.7 Å². The minimum atomic E-state index is -4.60. The maximum Gasteiger partial charge on any atom is 0.418 e. The van der Waals surface area contributed by atoms with Crippen LogP contribution in [0.5, 0.6) is 0 Å². The normalized spacial score (nSPS) is 17.0. The molecule has 154 valence electrons. The summed E-state index contributed by atoms with van der Waals surface area (Å²) in [5, 5.41) is 10.3. The zero-order valence-corrected chi connectivity index (χ0v) is 18.1. The maximum atomic E-state index is 14.0. The first-order chi connectivity index (χ1) is 13.5. The van der Waals surface area contributed by atoms with Crippen molar-refractivity contribution in [1.29, 1.82) is 5.26 Å². The summed E-state index contributed by atoms with van der Waals surface area (Å²) in [6.45, 7) is 6.13. The third-order valence-electron chi connectivity index (χ3n) is 5.47. The molecule has 0 radical (unpaired) electrons. The van der Waals surface area contributed by atoms with Gasteiger partial charge in [-0.25, -0.2) is 4.98 Å². The van der Waals surface area contributed by atoms with Crippen molar-refractivity contribution < 1.29 is 13.2 Å². The number of nitrogens with zero attached hydrogens (tertiary/aromatic N) is 2. The molecule has 3 rings (SSSR count). The van der Waals surface area contributed by atoms with Crippen LogP contribution in [-0.4, -0.2) is 4.98 Å². The van der Waals surface area contributed by atoms with Crippen molar-refractivity contribution in [2.45, 2.75) is 57.0 Å². The highest BCUT2D eigenvalue weighted by Crippen LogP contribution is 2.45. The van der Waals surface area contributed by atoms with E-state index in [1.807, 2.05) is 32.9 Å². The van der Waals surface area contributed by atoms with Gasteiger partial charge in [-0.1, -0.05) is 50.6 Å². The number of aromatic nitrogens is 1. The zero-order valence-electron chi connectivity index (χ0n) is 16.5. The predicted octanol–water partition coefficient (Wildman–Crippen LogP) is 7.07. The molecule has 2 nitrogen and oxygen atoms in total. The van der Waals surface area contributed by atoms with Gasteiger partial charge >= 0.3 is 6.18 Å². The monoisotopic (exact) mass is 438 g/mol. The predicted molar refractivity (Wildman–Crippen MR) is 110 cm³/mol. The van der Waals surface area contributed by atoms with Crippen molar-refractivity contribution in [1.82, 2.24) is 4.98 Å². The van der Waals surface area contributed by atoms with E-state index >= 15 is 0 Å². The van der Waals surface area contributed by atoms with E-state index in [9.17, 15) is 18.4 Å². The van der Waals surface area contributed by atoms with Gasteiger partial charge < -0.3 is 0 Å². The SMILES string of the molecule is CC(C)(C)[C@@H]1CCc2nc(SCc3ccccc3Cl)c(C#N)c(C(F)(F)F)c2C1. The number of hydrogen-bond acceptors (Lipinski definition) is 3. The lowest BCUT2D eigenvalue weighted by atomic mass is 9.70. The summed E-state index contributed by atoms with van der Waals surface area (Å²) in [5.74, 6) is 0.466. The van der Waals surface area contributed by atoms with E-state index in [-0.39, 0.29) is 27.5 Å². The number of rotatable bonds is 3. The van der Waals surface area contributed by atoms with Gasteiger partial charge in [0.2, 0.25) is 0 Å². The zero-order chi connectivity index (χ0) is 21.4. The molecular weight excluding hydrogens is 417 g/mol. The van der Waals surface area contributed by atoms with Gasteiger partial charge in [0.1, 0.15) is 11.1 Å². The number of benzene rings is 1. The fourth-order valence-corrected chi connectivity index (χ4v) is 5.05. The van der Waals surface area contributed by atoms with Crippen LogP contribution in [0.25, 0.3) is 0 Å². The first-order valence-electron chi connectivity index (χ1n) is 9.41. The molecule has 0 saturated heterocycles. The quantitative estimate of drug-likeness (QED) is 0.481. The van der Waals surface area contributed by atoms with Crippen molar-refractivity contribution in [2.75, 3.05) is 0 Å². The van der Waals surface area contributed by atoms with Crippen LogP contribution in [0, 0.1) is 22.7 Å². The third kappa shape index (κ3) is 4.73. The van der Waals surface area contributed by atoms with Crippen LogP contribution in [0.1, 0.15) is 55.1 Å². The van der Waals surface area contributed by atoms with Gasteiger partial charge in [0.25, 0.3) is 0 Å². The number of pyridine rings is 1. The first-order valence-corrected chi connectivity index (χ1v) is 10.8. The Morgan fingerprint density at radius 3 is 2.52 bits per heavy atom. The molecule has 1 aromatic heterocycles. The van der Waals surface area contributed by atoms with Crippen molar-refractivity contribution in [3.63, 3.8) is 0 Å². The Hall–Kier alpha value is -1.71. The number of thioether (sulfide) groups is 1. The molecule has 1 heterocycles. The average molecular weight is 439 g/mol. The molecule has 1 aliphatic rings. The van der Waals surface area contributed by atoms with Gasteiger partial charge in [-0.2, -0.15) is 18.4 Å². The summed E-state index contributed by atoms with van der Waals surface area (Å²) in [6, 6.07) is 8.95. The van der Waals surface area contributed by atoms with Gasteiger partial charge in [0, 0.05) is 16.5 Å². The third-order valence-corrected chi connectivity index (χ3v) is 6.87. The molecule has 0 saturated carbocycles. The molecule has 2 aromatic rings. The molecule has 0 aliphatic heterocycles. The number of halogens is 4. The van der Waals surface area contributed by atoms with E-state index in [1.54, 1.807) is 18.2 Å². The highest BCUT2D eigenvalue weighted by atomic mass is 35.5. The van der Waals surface area contributed by atoms with E-state index in [1.165, 1.54) is 0 Å². The summed E-state index contributed by atoms with van der Waals surface area (Å²) >= 11 is 7.29. The first kappa shape index (κ1) is 22.0. The minimum absolute atomic E-state index is 0.106. The maximum absolute atomic E-state index is 14.0. The van der Waals surface area contributed by atoms with Gasteiger partial charge in [0.05, 0.1) is 11.1 Å². The lowest BCUT2D eigenvalue weighted by molar-refractivity contribution is -0.139. The minimum Gasteiger partial charge on any atom is -0.245 e. The second-order valence-corrected chi connectivity index (χ2v) is 9.76. The summed E-state index contributed by atoms with van der Waals surface area (Å²) < 4.78 is 42.1. The lowest BCUT2D eigenvalue weighted by Crippen LogP contribution is -2.30. The van der Waals surface area contributed by atoms with E-state index in [4.69, 9.17) is 11.6 Å². The fourth-order valence-electron chi connectivity index (χ4n) is 3.76. The van der Waals surface area contributed by atoms with Crippen molar-refractivity contribution in [2.24, 2.45) is 11.3 Å². The van der Waals surface area contributed by atoms with Crippen molar-refractivity contribution in [3.05, 3.63) is 57.2 Å². The largest absolute Gasteiger partial charge is 0.418 e. The summed E-state index contributed by atoms with van der Waals surface area (Å²) in [4.78, 5) is 4.52. The standard InChI is InChI=1S/C22H22ClF3N2S/c1-21(2,3)14-8-9-18-15(10-14)19(22(24,25)26)16(11-27)20(28-18)29-12-13-6-4-5-7-17(13)23/h4-7,14H,8-10,12H2,1-3H3/t14-/m1/s1. The molecule has 1 aliphatic carbocycles. The summed E-state index contributed by atoms with van der Waals surface area (Å²) in [7, 11) is 0. The number of aryl methyl sites for hydroxylation is 1. The molecule has 0 bridgehead atoms. The molecule has 29 heavy (non-hydrogen) atoms. The highest BCUT2D eigenvalue weighted by molar-refractivity contribution is 7.98. The molecule has 0 fully saturated rings. The second-order valence-electron chi connectivity index (χ2n) is 8.39. The highest BCUT2D eigenvalue weighted by Gasteiger charge is 2.42. The van der Waals surface area contributed by atoms with Crippen molar-refractivity contribution in [3.8, 4) is 6.07 Å². The topological polar surface area (TPSA) is 36.7 Å². The Kier molecular flexibility index (Phi) is 6.21. The van der Waals surface area contributed by atoms with Crippen LogP contribution in [0.15, 0.2) is 29.3 Å². The smallest absolute Gasteiger partial charge is 0.245 e. The van der Waals surface area contributed by atoms with E-state index in [2.05, 4.69) is 4.98 Å². The summed E-state index contributed by atoms with van der Waals surface area (Å²) in [6.07, 6.45) is -3.02. The fraction of sp³-hybridized carbons (Fsp3) is 0.455. The molecule has 0 amide bonds. The Bertz CT molecular complexity index is 958. The Labute approximate surface area is 178 Å². The van der Waals surface area contributed by atoms with Crippen LogP contribution >= 0.6 is 23.4 Å². The molecule has 0 N–H and O–H groups in total. The lowest BCUT2D eigenvalue weighted by Gasteiger charge is -2.36. The van der Waals surface area contributed by atoms with Gasteiger partial charge in [-0.15, -0.1) is 11.8 Å². The second kappa shape index (κ2) is 8.20. The van der Waals surface area contributed by atoms with Crippen LogP contribution < -0.4 is 0 Å². The van der Waals surface area contributed by atoms with E-state index in [0.717, 1.165) is 23.7 Å². The van der Waals surface area contributed by atoms with Crippen molar-refractivity contribution >= 4 is 23.4 Å². The van der Waals surface area contributed by atoms with Crippen LogP contribution in [0.2, 0.25) is 5.02 Å². The molecule has 7 heteroatoms. The molecule has 1 aromatic carbocycles. The average Bonchev–Trinajstić information content (AvgIpc) is 2.64. The Balaban J connectivity index is 2.06. The summed E-state index contributed by atoms with van der Waals surface area (Å²) in [5.41, 5.74) is 0.179. The van der Waals surface area contributed by atoms with Gasteiger partial charge in [0.15, 0.2) is 0 Å². The molecule has 0 unspecified atom stereocenters. The number of alkyl halides is 3. The van der Waals surface area contributed by atoms with Crippen LogP contribution in [0.4, 0.5) is 13.2 Å². The number of hydrogen-bond donors (Lipinski definition) is 0. The van der Waals surface area contributed by atoms with Crippen LogP contribution in [0.3, 0.4) is 0 Å². The number of nitriles is 1. The Morgan fingerprint density at radius 1 is 1.24 bits per heavy atom. The number of fused-ring (bicyclic) bond motifs is 1. The molecule has 0 spiro atoms. The molecular formula is C22H22ClF3N2S. The molecule has 1 atom stereocenters. The van der Waals surface area contributed by atoms with Gasteiger partial charge in [-0.05, 0) is 47.8 Å². The van der Waals surface area contributed by atoms with Crippen LogP contribution in [-0.2, 0) is 24.8 Å².